The van der Waals surface area contributed by atoms with Gasteiger partial charge < -0.3 is 21.1 Å². The molecule has 2 atom stereocenters. The highest BCUT2D eigenvalue weighted by Gasteiger charge is 2.25. The largest absolute Gasteiger partial charge is 0.391 e. The molecule has 3 rings (SSSR count). The number of aromatic nitrogens is 1. The minimum absolute atomic E-state index is 0.157. The van der Waals surface area contributed by atoms with E-state index in [1.54, 1.807) is 48.8 Å². The Hall–Kier alpha value is -5.00. The van der Waals surface area contributed by atoms with Crippen molar-refractivity contribution in [3.05, 3.63) is 95.3 Å². The molecular formula is C29H27N5O5. The zero-order valence-electron chi connectivity index (χ0n) is 21.1. The number of rotatable bonds is 9. The van der Waals surface area contributed by atoms with Gasteiger partial charge in [-0.2, -0.15) is 0 Å². The number of hydrogen-bond donors (Lipinski definition) is 6. The molecule has 0 radical (unpaired) electrons. The molecule has 10 nitrogen and oxygen atoms in total. The van der Waals surface area contributed by atoms with Crippen molar-refractivity contribution in [1.29, 1.82) is 0 Å². The van der Waals surface area contributed by atoms with E-state index < -0.39 is 24.0 Å². The molecule has 0 aliphatic carbocycles. The summed E-state index contributed by atoms with van der Waals surface area (Å²) in [5.41, 5.74) is 4.71. The number of hydrogen-bond acceptors (Lipinski definition) is 7. The van der Waals surface area contributed by atoms with E-state index in [1.807, 2.05) is 12.1 Å². The van der Waals surface area contributed by atoms with Crippen LogP contribution in [-0.2, 0) is 16.1 Å². The molecule has 0 spiro atoms. The van der Waals surface area contributed by atoms with Crippen LogP contribution in [0.1, 0.15) is 34.0 Å². The normalized spacial score (nSPS) is 11.5. The molecule has 0 fully saturated rings. The summed E-state index contributed by atoms with van der Waals surface area (Å²) in [5.74, 6) is 9.63. The number of nitrogens with one attached hydrogen (secondary N) is 4. The van der Waals surface area contributed by atoms with Gasteiger partial charge in [0.15, 0.2) is 0 Å². The topological polar surface area (TPSA) is 153 Å². The molecule has 198 valence electrons. The van der Waals surface area contributed by atoms with E-state index >= 15 is 0 Å². The molecule has 3 aromatic rings. The second kappa shape index (κ2) is 14.7. The van der Waals surface area contributed by atoms with Crippen molar-refractivity contribution in [2.24, 2.45) is 0 Å². The molecule has 0 aliphatic rings. The SMILES string of the molecule is C[C@@H](O)[C@H](NC(=O)c1ccc(C#CC#Cc2ccc(NC(=O)CNCc3ccncc3)cc2)cc1)C(=O)NO. The van der Waals surface area contributed by atoms with Crippen molar-refractivity contribution in [1.82, 2.24) is 21.1 Å². The second-order valence-electron chi connectivity index (χ2n) is 8.33. The van der Waals surface area contributed by atoms with Gasteiger partial charge in [0.05, 0.1) is 12.6 Å². The zero-order valence-corrected chi connectivity index (χ0v) is 21.1. The summed E-state index contributed by atoms with van der Waals surface area (Å²) in [6.07, 6.45) is 2.20. The predicted molar refractivity (Wildman–Crippen MR) is 144 cm³/mol. The van der Waals surface area contributed by atoms with Gasteiger partial charge in [-0.3, -0.25) is 24.6 Å². The van der Waals surface area contributed by atoms with E-state index in [0.29, 0.717) is 17.8 Å². The zero-order chi connectivity index (χ0) is 28.0. The number of benzene rings is 2. The lowest BCUT2D eigenvalue weighted by Crippen LogP contribution is -2.51. The smallest absolute Gasteiger partial charge is 0.268 e. The molecule has 0 unspecified atom stereocenters. The Labute approximate surface area is 225 Å². The fraction of sp³-hybridized carbons (Fsp3) is 0.172. The van der Waals surface area contributed by atoms with Crippen LogP contribution in [0.5, 0.6) is 0 Å². The standard InChI is InChI=1S/C29H27N5O5/c1-20(35)27(29(38)34-39)33-28(37)24-10-6-21(7-11-24)4-2-3-5-22-8-12-25(13-9-22)32-26(36)19-31-18-23-14-16-30-17-15-23/h6-17,20,27,31,35,39H,18-19H2,1H3,(H,32,36)(H,33,37)(H,34,38)/t20-,27+/m1/s1. The maximum absolute atomic E-state index is 12.3. The number of carbonyl (C=O) groups is 3. The van der Waals surface area contributed by atoms with Gasteiger partial charge in [-0.25, -0.2) is 5.48 Å². The molecule has 3 amide bonds. The van der Waals surface area contributed by atoms with Crippen molar-refractivity contribution in [2.45, 2.75) is 25.6 Å². The Kier molecular flexibility index (Phi) is 10.7. The fourth-order valence-electron chi connectivity index (χ4n) is 3.27. The number of carbonyl (C=O) groups excluding carboxylic acids is 3. The first kappa shape index (κ1) is 28.6. The summed E-state index contributed by atoms with van der Waals surface area (Å²) in [6, 6.07) is 15.8. The molecular weight excluding hydrogens is 498 g/mol. The first-order valence-corrected chi connectivity index (χ1v) is 11.9. The first-order valence-electron chi connectivity index (χ1n) is 11.9. The van der Waals surface area contributed by atoms with Crippen molar-refractivity contribution < 1.29 is 24.7 Å². The minimum atomic E-state index is -1.30. The quantitative estimate of drug-likeness (QED) is 0.139. The van der Waals surface area contributed by atoms with Gasteiger partial charge in [0.1, 0.15) is 6.04 Å². The Morgan fingerprint density at radius 3 is 2.05 bits per heavy atom. The number of pyridine rings is 1. The van der Waals surface area contributed by atoms with E-state index in [1.165, 1.54) is 24.5 Å². The van der Waals surface area contributed by atoms with Gasteiger partial charge in [0, 0.05) is 41.3 Å². The van der Waals surface area contributed by atoms with Gasteiger partial charge in [0.2, 0.25) is 5.91 Å². The van der Waals surface area contributed by atoms with Crippen molar-refractivity contribution in [2.75, 3.05) is 11.9 Å². The number of aliphatic hydroxyl groups excluding tert-OH is 1. The van der Waals surface area contributed by atoms with Crippen molar-refractivity contribution in [3.63, 3.8) is 0 Å². The van der Waals surface area contributed by atoms with Crippen LogP contribution in [0.25, 0.3) is 0 Å². The number of hydroxylamine groups is 1. The molecule has 1 aromatic heterocycles. The van der Waals surface area contributed by atoms with Gasteiger partial charge in [0.25, 0.3) is 11.8 Å². The van der Waals surface area contributed by atoms with E-state index in [9.17, 15) is 19.5 Å². The molecule has 0 aliphatic heterocycles. The van der Waals surface area contributed by atoms with Crippen LogP contribution in [0.3, 0.4) is 0 Å². The maximum atomic E-state index is 12.3. The maximum Gasteiger partial charge on any atom is 0.268 e. The summed E-state index contributed by atoms with van der Waals surface area (Å²) >= 11 is 0. The van der Waals surface area contributed by atoms with Gasteiger partial charge in [-0.15, -0.1) is 0 Å². The highest BCUT2D eigenvalue weighted by molar-refractivity contribution is 5.97. The van der Waals surface area contributed by atoms with Crippen LogP contribution in [-0.4, -0.2) is 51.7 Å². The number of aliphatic hydroxyl groups is 1. The Morgan fingerprint density at radius 1 is 0.897 bits per heavy atom. The van der Waals surface area contributed by atoms with Gasteiger partial charge in [-0.05, 0) is 85.0 Å². The summed E-state index contributed by atoms with van der Waals surface area (Å²) in [7, 11) is 0. The summed E-state index contributed by atoms with van der Waals surface area (Å²) < 4.78 is 0. The summed E-state index contributed by atoms with van der Waals surface area (Å²) in [4.78, 5) is 40.0. The van der Waals surface area contributed by atoms with Crippen LogP contribution in [0.15, 0.2) is 73.1 Å². The highest BCUT2D eigenvalue weighted by Crippen LogP contribution is 2.09. The predicted octanol–water partition coefficient (Wildman–Crippen LogP) is 1.20. The third kappa shape index (κ3) is 9.43. The van der Waals surface area contributed by atoms with E-state index in [-0.39, 0.29) is 18.0 Å². The van der Waals surface area contributed by atoms with Crippen LogP contribution in [0.2, 0.25) is 0 Å². The lowest BCUT2D eigenvalue weighted by atomic mass is 10.1. The highest BCUT2D eigenvalue weighted by atomic mass is 16.5. The molecule has 0 saturated carbocycles. The molecule has 0 saturated heterocycles. The Morgan fingerprint density at radius 2 is 1.49 bits per heavy atom. The lowest BCUT2D eigenvalue weighted by molar-refractivity contribution is -0.133. The van der Waals surface area contributed by atoms with Crippen molar-refractivity contribution in [3.8, 4) is 23.7 Å². The second-order valence-corrected chi connectivity index (χ2v) is 8.33. The van der Waals surface area contributed by atoms with Gasteiger partial charge >= 0.3 is 0 Å². The molecule has 0 bridgehead atoms. The molecule has 39 heavy (non-hydrogen) atoms. The number of anilines is 1. The average molecular weight is 526 g/mol. The summed E-state index contributed by atoms with van der Waals surface area (Å²) in [5, 5.41) is 26.6. The van der Waals surface area contributed by atoms with Crippen LogP contribution in [0, 0.1) is 23.7 Å². The molecule has 6 N–H and O–H groups in total. The van der Waals surface area contributed by atoms with Crippen LogP contribution >= 0.6 is 0 Å². The average Bonchev–Trinajstić information content (AvgIpc) is 2.95. The van der Waals surface area contributed by atoms with Crippen LogP contribution in [0.4, 0.5) is 5.69 Å². The molecule has 1 heterocycles. The van der Waals surface area contributed by atoms with E-state index in [0.717, 1.165) is 11.1 Å². The third-order valence-corrected chi connectivity index (χ3v) is 5.32. The summed E-state index contributed by atoms with van der Waals surface area (Å²) in [6.45, 7) is 2.06. The van der Waals surface area contributed by atoms with Crippen LogP contribution < -0.4 is 21.4 Å². The van der Waals surface area contributed by atoms with Crippen molar-refractivity contribution >= 4 is 23.4 Å². The minimum Gasteiger partial charge on any atom is -0.391 e. The fourth-order valence-corrected chi connectivity index (χ4v) is 3.27. The molecule has 10 heteroatoms. The number of amides is 3. The van der Waals surface area contributed by atoms with Gasteiger partial charge in [-0.1, -0.05) is 11.8 Å². The molecule has 2 aromatic carbocycles. The monoisotopic (exact) mass is 525 g/mol. The Bertz CT molecular complexity index is 1400. The van der Waals surface area contributed by atoms with E-state index in [2.05, 4.69) is 44.6 Å². The Balaban J connectivity index is 1.48. The number of nitrogens with zero attached hydrogens (tertiary/aromatic N) is 1. The lowest BCUT2D eigenvalue weighted by Gasteiger charge is -2.19. The third-order valence-electron chi connectivity index (χ3n) is 5.32. The van der Waals surface area contributed by atoms with E-state index in [4.69, 9.17) is 5.21 Å². The first-order chi connectivity index (χ1) is 18.9.